The van der Waals surface area contributed by atoms with Crippen molar-refractivity contribution in [3.8, 4) is 11.5 Å². The van der Waals surface area contributed by atoms with E-state index in [-0.39, 0.29) is 36.5 Å². The van der Waals surface area contributed by atoms with Crippen LogP contribution >= 0.6 is 24.0 Å². The average molecular weight is 481 g/mol. The molecule has 0 bridgehead atoms. The molecule has 2 aromatic carbocycles. The lowest BCUT2D eigenvalue weighted by Gasteiger charge is -2.11. The summed E-state index contributed by atoms with van der Waals surface area (Å²) in [4.78, 5) is 4.05. The SMILES string of the molecule is COc1ccc(NC(N)=NCc2cccc(C(F)(F)F)c2)cc1OC.I. The minimum atomic E-state index is -4.39. The van der Waals surface area contributed by atoms with Crippen LogP contribution in [0.1, 0.15) is 11.1 Å². The van der Waals surface area contributed by atoms with Gasteiger partial charge in [0.05, 0.1) is 26.3 Å². The minimum Gasteiger partial charge on any atom is -0.493 e. The van der Waals surface area contributed by atoms with Gasteiger partial charge in [0.2, 0.25) is 0 Å². The van der Waals surface area contributed by atoms with E-state index in [0.29, 0.717) is 22.7 Å². The minimum absolute atomic E-state index is 0. The van der Waals surface area contributed by atoms with Crippen molar-refractivity contribution in [2.45, 2.75) is 12.7 Å². The smallest absolute Gasteiger partial charge is 0.416 e. The zero-order chi connectivity index (χ0) is 18.4. The topological polar surface area (TPSA) is 68.9 Å². The molecule has 0 aliphatic carbocycles. The number of aliphatic imine (C=N–C) groups is 1. The van der Waals surface area contributed by atoms with Gasteiger partial charge in [-0.05, 0) is 29.8 Å². The summed E-state index contributed by atoms with van der Waals surface area (Å²) in [6, 6.07) is 10.0. The Morgan fingerprint density at radius 3 is 2.38 bits per heavy atom. The van der Waals surface area contributed by atoms with Crippen LogP contribution < -0.4 is 20.5 Å². The van der Waals surface area contributed by atoms with Crippen LogP contribution in [-0.2, 0) is 12.7 Å². The van der Waals surface area contributed by atoms with Crippen molar-refractivity contribution in [1.29, 1.82) is 0 Å². The number of hydrogen-bond donors (Lipinski definition) is 2. The molecule has 0 amide bonds. The predicted octanol–water partition coefficient (Wildman–Crippen LogP) is 4.27. The molecule has 2 aromatic rings. The van der Waals surface area contributed by atoms with Gasteiger partial charge in [0.1, 0.15) is 0 Å². The number of ether oxygens (including phenoxy) is 2. The van der Waals surface area contributed by atoms with Gasteiger partial charge in [0.25, 0.3) is 0 Å². The molecule has 2 rings (SSSR count). The number of anilines is 1. The third kappa shape index (κ3) is 5.97. The van der Waals surface area contributed by atoms with Gasteiger partial charge in [-0.15, -0.1) is 24.0 Å². The highest BCUT2D eigenvalue weighted by molar-refractivity contribution is 14.0. The predicted molar refractivity (Wildman–Crippen MR) is 105 cm³/mol. The fraction of sp³-hybridized carbons (Fsp3) is 0.235. The van der Waals surface area contributed by atoms with Crippen molar-refractivity contribution in [2.24, 2.45) is 10.7 Å². The average Bonchev–Trinajstić information content (AvgIpc) is 2.59. The van der Waals surface area contributed by atoms with E-state index in [1.165, 1.54) is 20.3 Å². The molecule has 5 nitrogen and oxygen atoms in total. The van der Waals surface area contributed by atoms with Crippen LogP contribution in [0.2, 0.25) is 0 Å². The Balaban J connectivity index is 0.00000338. The molecule has 0 atom stereocenters. The summed E-state index contributed by atoms with van der Waals surface area (Å²) in [7, 11) is 3.03. The van der Waals surface area contributed by atoms with Crippen LogP contribution in [0.3, 0.4) is 0 Å². The van der Waals surface area contributed by atoms with Crippen LogP contribution in [0.15, 0.2) is 47.5 Å². The second-order valence-corrected chi connectivity index (χ2v) is 5.09. The van der Waals surface area contributed by atoms with Crippen LogP contribution in [0.25, 0.3) is 0 Å². The largest absolute Gasteiger partial charge is 0.493 e. The summed E-state index contributed by atoms with van der Waals surface area (Å²) in [5, 5.41) is 2.85. The van der Waals surface area contributed by atoms with Gasteiger partial charge >= 0.3 is 6.18 Å². The van der Waals surface area contributed by atoms with Crippen molar-refractivity contribution in [3.63, 3.8) is 0 Å². The van der Waals surface area contributed by atoms with E-state index in [0.717, 1.165) is 12.1 Å². The highest BCUT2D eigenvalue weighted by atomic mass is 127. The van der Waals surface area contributed by atoms with Gasteiger partial charge in [-0.3, -0.25) is 0 Å². The fourth-order valence-electron chi connectivity index (χ4n) is 2.12. The number of nitrogens with zero attached hydrogens (tertiary/aromatic N) is 1. The maximum absolute atomic E-state index is 12.7. The zero-order valence-electron chi connectivity index (χ0n) is 14.1. The lowest BCUT2D eigenvalue weighted by molar-refractivity contribution is -0.137. The van der Waals surface area contributed by atoms with Gasteiger partial charge in [0.15, 0.2) is 17.5 Å². The molecule has 0 unspecified atom stereocenters. The first kappa shape index (κ1) is 21.9. The Hall–Kier alpha value is -2.17. The van der Waals surface area contributed by atoms with Crippen molar-refractivity contribution in [1.82, 2.24) is 0 Å². The van der Waals surface area contributed by atoms with Crippen LogP contribution in [-0.4, -0.2) is 20.2 Å². The number of methoxy groups -OCH3 is 2. The Bertz CT molecular complexity index is 767. The monoisotopic (exact) mass is 481 g/mol. The first-order chi connectivity index (χ1) is 11.8. The Kier molecular flexibility index (Phi) is 8.00. The van der Waals surface area contributed by atoms with E-state index in [1.807, 2.05) is 0 Å². The third-order valence-corrected chi connectivity index (χ3v) is 3.34. The van der Waals surface area contributed by atoms with E-state index in [9.17, 15) is 13.2 Å². The fourth-order valence-corrected chi connectivity index (χ4v) is 2.12. The molecule has 142 valence electrons. The number of halogens is 4. The summed E-state index contributed by atoms with van der Waals surface area (Å²) in [5.74, 6) is 1.15. The van der Waals surface area contributed by atoms with E-state index in [2.05, 4.69) is 10.3 Å². The molecule has 26 heavy (non-hydrogen) atoms. The first-order valence-electron chi connectivity index (χ1n) is 7.28. The third-order valence-electron chi connectivity index (χ3n) is 3.34. The van der Waals surface area contributed by atoms with Gasteiger partial charge in [-0.1, -0.05) is 12.1 Å². The number of nitrogens with two attached hydrogens (primary N) is 1. The maximum Gasteiger partial charge on any atom is 0.416 e. The van der Waals surface area contributed by atoms with E-state index in [4.69, 9.17) is 15.2 Å². The highest BCUT2D eigenvalue weighted by Crippen LogP contribution is 2.30. The Labute approximate surface area is 166 Å². The molecular formula is C17H19F3IN3O2. The number of alkyl halides is 3. The lowest BCUT2D eigenvalue weighted by atomic mass is 10.1. The molecular weight excluding hydrogens is 462 g/mol. The van der Waals surface area contributed by atoms with Gasteiger partial charge < -0.3 is 20.5 Å². The molecule has 0 spiro atoms. The Morgan fingerprint density at radius 2 is 1.77 bits per heavy atom. The molecule has 0 saturated carbocycles. The summed E-state index contributed by atoms with van der Waals surface area (Å²) in [6.45, 7) is 0.0239. The van der Waals surface area contributed by atoms with Crippen LogP contribution in [0.5, 0.6) is 11.5 Å². The van der Waals surface area contributed by atoms with E-state index >= 15 is 0 Å². The molecule has 9 heteroatoms. The van der Waals surface area contributed by atoms with Crippen molar-refractivity contribution in [2.75, 3.05) is 19.5 Å². The van der Waals surface area contributed by atoms with Crippen molar-refractivity contribution >= 4 is 35.6 Å². The van der Waals surface area contributed by atoms with Gasteiger partial charge in [0, 0.05) is 11.8 Å². The normalized spacial score (nSPS) is 11.5. The summed E-state index contributed by atoms with van der Waals surface area (Å²) in [6.07, 6.45) is -4.39. The molecule has 0 aromatic heterocycles. The quantitative estimate of drug-likeness (QED) is 0.381. The summed E-state index contributed by atoms with van der Waals surface area (Å²) >= 11 is 0. The lowest BCUT2D eigenvalue weighted by Crippen LogP contribution is -2.22. The second kappa shape index (κ2) is 9.51. The maximum atomic E-state index is 12.7. The van der Waals surface area contributed by atoms with Crippen molar-refractivity contribution < 1.29 is 22.6 Å². The molecule has 0 radical (unpaired) electrons. The molecule has 3 N–H and O–H groups in total. The van der Waals surface area contributed by atoms with Gasteiger partial charge in [-0.25, -0.2) is 4.99 Å². The van der Waals surface area contributed by atoms with Crippen molar-refractivity contribution in [3.05, 3.63) is 53.6 Å². The Morgan fingerprint density at radius 1 is 1.08 bits per heavy atom. The number of guanidine groups is 1. The number of rotatable bonds is 5. The standard InChI is InChI=1S/C17H18F3N3O2.HI/c1-24-14-7-6-13(9-15(14)25-2)23-16(21)22-10-11-4-3-5-12(8-11)17(18,19)20;/h3-9H,10H2,1-2H3,(H3,21,22,23);1H. The zero-order valence-corrected chi connectivity index (χ0v) is 16.5. The summed E-state index contributed by atoms with van der Waals surface area (Å²) < 4.78 is 48.4. The van der Waals surface area contributed by atoms with Crippen LogP contribution in [0.4, 0.5) is 18.9 Å². The molecule has 0 aliphatic rings. The molecule has 0 saturated heterocycles. The number of hydrogen-bond acceptors (Lipinski definition) is 3. The van der Waals surface area contributed by atoms with E-state index in [1.54, 1.807) is 24.3 Å². The highest BCUT2D eigenvalue weighted by Gasteiger charge is 2.30. The number of benzene rings is 2. The molecule has 0 fully saturated rings. The first-order valence-corrected chi connectivity index (χ1v) is 7.28. The molecule has 0 aliphatic heterocycles. The number of nitrogens with one attached hydrogen (secondary N) is 1. The second-order valence-electron chi connectivity index (χ2n) is 5.09. The van der Waals surface area contributed by atoms with Gasteiger partial charge in [-0.2, -0.15) is 13.2 Å². The van der Waals surface area contributed by atoms with E-state index < -0.39 is 11.7 Å². The molecule has 0 heterocycles. The summed E-state index contributed by atoms with van der Waals surface area (Å²) in [5.41, 5.74) is 6.09. The van der Waals surface area contributed by atoms with Crippen LogP contribution in [0, 0.1) is 0 Å².